The van der Waals surface area contributed by atoms with E-state index in [-0.39, 0.29) is 42.0 Å². The van der Waals surface area contributed by atoms with E-state index < -0.39 is 100 Å². The topological polar surface area (TPSA) is 250 Å². The summed E-state index contributed by atoms with van der Waals surface area (Å²) in [7, 11) is -1.14. The fraction of sp³-hybridized carbons (Fsp3) is 0.415. The number of hydrogen-bond acceptors (Lipinski definition) is 11. The number of aliphatic hydroxyl groups is 1. The summed E-state index contributed by atoms with van der Waals surface area (Å²) in [5.74, 6) is -4.50. The lowest BCUT2D eigenvalue weighted by molar-refractivity contribution is -0.154. The summed E-state index contributed by atoms with van der Waals surface area (Å²) in [5, 5.41) is 22.8. The molecule has 386 valence electrons. The molecule has 0 radical (unpaired) electrons. The number of amides is 6. The molecule has 0 aromatic heterocycles. The van der Waals surface area contributed by atoms with Gasteiger partial charge in [-0.2, -0.15) is 0 Å². The minimum absolute atomic E-state index is 0.0235. The van der Waals surface area contributed by atoms with Gasteiger partial charge in [-0.15, -0.1) is 0 Å². The number of ether oxygens (including phenoxy) is 1. The van der Waals surface area contributed by atoms with E-state index in [9.17, 15) is 47.1 Å². The molecule has 72 heavy (non-hydrogen) atoms. The molecule has 0 bridgehead atoms. The smallest absolute Gasteiger partial charge is 0.328 e. The summed E-state index contributed by atoms with van der Waals surface area (Å²) < 4.78 is 31.9. The van der Waals surface area contributed by atoms with E-state index in [1.807, 2.05) is 74.5 Å². The number of carbonyl (C=O) groups is 7. The molecule has 19 heteroatoms. The molecule has 6 amide bonds. The van der Waals surface area contributed by atoms with Crippen LogP contribution in [0.15, 0.2) is 109 Å². The number of benzene rings is 4. The van der Waals surface area contributed by atoms with E-state index in [1.54, 1.807) is 37.3 Å². The van der Waals surface area contributed by atoms with Crippen molar-refractivity contribution >= 4 is 57.1 Å². The summed E-state index contributed by atoms with van der Waals surface area (Å²) in [6, 6.07) is 25.2. The van der Waals surface area contributed by atoms with E-state index in [2.05, 4.69) is 26.0 Å². The number of sulfonamides is 1. The Morgan fingerprint density at radius 3 is 1.88 bits per heavy atom. The van der Waals surface area contributed by atoms with Crippen LogP contribution in [0.4, 0.5) is 5.69 Å². The molecular formula is C53H67N7O11S. The fourth-order valence-electron chi connectivity index (χ4n) is 8.62. The van der Waals surface area contributed by atoms with Gasteiger partial charge in [0, 0.05) is 31.1 Å². The summed E-state index contributed by atoms with van der Waals surface area (Å²) in [6.07, 6.45) is 0.128. The largest absolute Gasteiger partial charge is 0.467 e. The van der Waals surface area contributed by atoms with E-state index in [0.717, 1.165) is 17.4 Å². The first-order valence-electron chi connectivity index (χ1n) is 23.9. The van der Waals surface area contributed by atoms with Crippen LogP contribution in [0.3, 0.4) is 0 Å². The highest BCUT2D eigenvalue weighted by molar-refractivity contribution is 7.92. The second-order valence-electron chi connectivity index (χ2n) is 18.7. The van der Waals surface area contributed by atoms with E-state index >= 15 is 0 Å². The lowest BCUT2D eigenvalue weighted by atomic mass is 9.97. The third kappa shape index (κ3) is 16.2. The van der Waals surface area contributed by atoms with Crippen LogP contribution < -0.4 is 26.0 Å². The molecule has 7 atom stereocenters. The van der Waals surface area contributed by atoms with Crippen LogP contribution in [0.1, 0.15) is 96.8 Å². The number of esters is 1. The van der Waals surface area contributed by atoms with E-state index in [0.29, 0.717) is 24.9 Å². The van der Waals surface area contributed by atoms with Gasteiger partial charge >= 0.3 is 5.97 Å². The average Bonchev–Trinajstić information content (AvgIpc) is 3.85. The van der Waals surface area contributed by atoms with Gasteiger partial charge in [-0.25, -0.2) is 13.2 Å². The van der Waals surface area contributed by atoms with Gasteiger partial charge < -0.3 is 40.9 Å². The van der Waals surface area contributed by atoms with Crippen molar-refractivity contribution in [2.75, 3.05) is 31.7 Å². The predicted molar refractivity (Wildman–Crippen MR) is 272 cm³/mol. The van der Waals surface area contributed by atoms with Gasteiger partial charge in [-0.3, -0.25) is 33.5 Å². The van der Waals surface area contributed by atoms with Crippen molar-refractivity contribution in [2.24, 2.45) is 5.92 Å². The first-order chi connectivity index (χ1) is 34.1. The highest BCUT2D eigenvalue weighted by Gasteiger charge is 2.41. The Morgan fingerprint density at radius 1 is 0.764 bits per heavy atom. The molecule has 1 fully saturated rings. The van der Waals surface area contributed by atoms with Crippen LogP contribution >= 0.6 is 0 Å². The number of carbonyl (C=O) groups excluding carboxylic acids is 7. The predicted octanol–water partition coefficient (Wildman–Crippen LogP) is 3.91. The van der Waals surface area contributed by atoms with Gasteiger partial charge in [-0.1, -0.05) is 105 Å². The number of nitrogens with zero attached hydrogens (tertiary/aromatic N) is 2. The number of nitrogens with one attached hydrogen (secondary N) is 5. The molecule has 0 spiro atoms. The van der Waals surface area contributed by atoms with Crippen LogP contribution in [0.5, 0.6) is 0 Å². The average molecular weight is 1010 g/mol. The number of likely N-dealkylation sites (tertiary alicyclic amines) is 1. The standard InChI is InChI=1S/C53H67N7O11S/c1-33(2)26-43(50(65)55-35(4)51(66)59(5)45(28-37-20-13-9-14-21-37)52(67)60-25-17-24-44(60)53(68)71-6)56-47(62)32-46(61)42(27-36-18-11-8-12-19-36)57-49(64)40-29-39(30-41(31-40)58-72(7,69)70)48(63)54-34(3)38-22-15-10-16-23-38/h8-16,18-23,29-31,33-35,42-46,58,61H,17,24-28,32H2,1-7H3,(H,54,63)(H,55,65)(H,56,62)(H,57,64)/t34-,35+,42+,43+,44+,45+,46+/m1/s1. The minimum Gasteiger partial charge on any atom is -0.467 e. The minimum atomic E-state index is -3.86. The molecule has 6 N–H and O–H groups in total. The van der Waals surface area contributed by atoms with Crippen LogP contribution in [0.2, 0.25) is 0 Å². The fourth-order valence-corrected chi connectivity index (χ4v) is 9.17. The van der Waals surface area contributed by atoms with Crippen LogP contribution in [0, 0.1) is 5.92 Å². The van der Waals surface area contributed by atoms with Crippen LogP contribution in [-0.4, -0.2) is 128 Å². The molecule has 18 nitrogen and oxygen atoms in total. The van der Waals surface area contributed by atoms with Crippen LogP contribution in [-0.2, 0) is 51.6 Å². The maximum Gasteiger partial charge on any atom is 0.328 e. The number of aliphatic hydroxyl groups excluding tert-OH is 1. The van der Waals surface area contributed by atoms with Crippen molar-refractivity contribution in [1.82, 2.24) is 31.1 Å². The molecule has 4 aromatic rings. The van der Waals surface area contributed by atoms with Crippen molar-refractivity contribution in [3.8, 4) is 0 Å². The zero-order valence-corrected chi connectivity index (χ0v) is 42.6. The van der Waals surface area contributed by atoms with Crippen molar-refractivity contribution in [3.05, 3.63) is 137 Å². The van der Waals surface area contributed by atoms with Crippen molar-refractivity contribution < 1.29 is 51.8 Å². The molecule has 1 aliphatic rings. The summed E-state index contributed by atoms with van der Waals surface area (Å²) in [4.78, 5) is 99.0. The zero-order valence-electron chi connectivity index (χ0n) is 41.8. The Hall–Kier alpha value is -7.12. The van der Waals surface area contributed by atoms with Gasteiger partial charge in [0.05, 0.1) is 43.7 Å². The number of rotatable bonds is 23. The highest BCUT2D eigenvalue weighted by Crippen LogP contribution is 2.24. The SMILES string of the molecule is COC(=O)[C@@H]1CCCN1C(=O)[C@H](Cc1ccccc1)N(C)C(=O)[C@H](C)NC(=O)[C@H](CC(C)C)NC(=O)C[C@H](O)[C@H](Cc1ccccc1)NC(=O)c1cc(NS(C)(=O)=O)cc(C(=O)N[C@H](C)c2ccccc2)c1. The molecule has 1 aliphatic heterocycles. The van der Waals surface area contributed by atoms with E-state index in [1.165, 1.54) is 49.1 Å². The number of likely N-dealkylation sites (N-methyl/N-ethyl adjacent to an activating group) is 1. The Morgan fingerprint density at radius 2 is 1.32 bits per heavy atom. The Balaban J connectivity index is 1.31. The highest BCUT2D eigenvalue weighted by atomic mass is 32.2. The summed E-state index contributed by atoms with van der Waals surface area (Å²) in [5.41, 5.74) is 2.08. The molecular weight excluding hydrogens is 943 g/mol. The van der Waals surface area contributed by atoms with E-state index in [4.69, 9.17) is 4.74 Å². The van der Waals surface area contributed by atoms with Gasteiger partial charge in [0.25, 0.3) is 11.8 Å². The molecule has 1 saturated heterocycles. The molecule has 0 saturated carbocycles. The maximum absolute atomic E-state index is 14.2. The maximum atomic E-state index is 14.2. The lowest BCUT2D eigenvalue weighted by Crippen LogP contribution is -2.58. The van der Waals surface area contributed by atoms with Crippen molar-refractivity contribution in [2.45, 2.75) is 109 Å². The van der Waals surface area contributed by atoms with Gasteiger partial charge in [0.2, 0.25) is 33.7 Å². The second kappa shape index (κ2) is 25.8. The van der Waals surface area contributed by atoms with Crippen LogP contribution in [0.25, 0.3) is 0 Å². The number of anilines is 1. The molecule has 1 heterocycles. The summed E-state index contributed by atoms with van der Waals surface area (Å²) >= 11 is 0. The Kier molecular flexibility index (Phi) is 20.0. The first-order valence-corrected chi connectivity index (χ1v) is 25.8. The molecule has 4 aromatic carbocycles. The summed E-state index contributed by atoms with van der Waals surface area (Å²) in [6.45, 7) is 7.23. The van der Waals surface area contributed by atoms with Gasteiger partial charge in [0.1, 0.15) is 24.2 Å². The van der Waals surface area contributed by atoms with Gasteiger partial charge in [0.15, 0.2) is 0 Å². The van der Waals surface area contributed by atoms with Crippen molar-refractivity contribution in [3.63, 3.8) is 0 Å². The second-order valence-corrected chi connectivity index (χ2v) is 20.4. The number of hydrogen-bond donors (Lipinski definition) is 6. The Bertz CT molecular complexity index is 2640. The van der Waals surface area contributed by atoms with Crippen molar-refractivity contribution in [1.29, 1.82) is 0 Å². The molecule has 0 unspecified atom stereocenters. The van der Waals surface area contributed by atoms with Gasteiger partial charge in [-0.05, 0) is 80.3 Å². The lowest BCUT2D eigenvalue weighted by Gasteiger charge is -2.34. The number of methoxy groups -OCH3 is 1. The molecule has 0 aliphatic carbocycles. The Labute approximate surface area is 421 Å². The molecule has 5 rings (SSSR count). The monoisotopic (exact) mass is 1010 g/mol. The quantitative estimate of drug-likeness (QED) is 0.0582. The third-order valence-electron chi connectivity index (χ3n) is 12.4. The first kappa shape index (κ1) is 55.8. The normalized spacial score (nSPS) is 16.0. The zero-order chi connectivity index (χ0) is 52.7. The third-order valence-corrected chi connectivity index (χ3v) is 13.0.